The molecule has 5 nitrogen and oxygen atoms in total. The van der Waals surface area contributed by atoms with E-state index < -0.39 is 0 Å². The van der Waals surface area contributed by atoms with Gasteiger partial charge in [-0.15, -0.1) is 0 Å². The molecular formula is C14H18BrN3O2. The normalized spacial score (nSPS) is 17.7. The molecule has 0 spiro atoms. The third kappa shape index (κ3) is 2.70. The van der Waals surface area contributed by atoms with Gasteiger partial charge in [-0.1, -0.05) is 0 Å². The summed E-state index contributed by atoms with van der Waals surface area (Å²) in [4.78, 5) is 6.64. The SMILES string of the molecule is CN=C(NCc1cc(Br)c2c(c1)OCO2)N1CCCC1. The Labute approximate surface area is 127 Å². The number of hydrogen-bond acceptors (Lipinski definition) is 3. The van der Waals surface area contributed by atoms with Crippen LogP contribution in [0.1, 0.15) is 18.4 Å². The fourth-order valence-corrected chi connectivity index (χ4v) is 3.17. The zero-order valence-corrected chi connectivity index (χ0v) is 13.1. The molecule has 0 aliphatic carbocycles. The highest BCUT2D eigenvalue weighted by atomic mass is 79.9. The molecule has 0 saturated carbocycles. The molecule has 2 aliphatic rings. The summed E-state index contributed by atoms with van der Waals surface area (Å²) in [5.41, 5.74) is 1.14. The van der Waals surface area contributed by atoms with Crippen LogP contribution in [0.5, 0.6) is 11.5 Å². The first-order valence-electron chi connectivity index (χ1n) is 6.81. The molecule has 1 aromatic rings. The second kappa shape index (κ2) is 5.91. The molecule has 0 unspecified atom stereocenters. The smallest absolute Gasteiger partial charge is 0.231 e. The monoisotopic (exact) mass is 339 g/mol. The van der Waals surface area contributed by atoms with Crippen molar-refractivity contribution in [2.45, 2.75) is 19.4 Å². The van der Waals surface area contributed by atoms with Crippen molar-refractivity contribution in [2.75, 3.05) is 26.9 Å². The summed E-state index contributed by atoms with van der Waals surface area (Å²) < 4.78 is 11.8. The zero-order valence-electron chi connectivity index (χ0n) is 11.5. The number of nitrogens with one attached hydrogen (secondary N) is 1. The maximum Gasteiger partial charge on any atom is 0.231 e. The second-order valence-corrected chi connectivity index (χ2v) is 5.76. The van der Waals surface area contributed by atoms with E-state index in [0.29, 0.717) is 6.79 Å². The molecule has 20 heavy (non-hydrogen) atoms. The second-order valence-electron chi connectivity index (χ2n) is 4.91. The minimum atomic E-state index is 0.292. The van der Waals surface area contributed by atoms with E-state index in [0.717, 1.165) is 47.1 Å². The van der Waals surface area contributed by atoms with E-state index in [1.807, 2.05) is 13.1 Å². The quantitative estimate of drug-likeness (QED) is 0.663. The molecule has 1 aromatic carbocycles. The number of fused-ring (bicyclic) bond motifs is 1. The van der Waals surface area contributed by atoms with Crippen molar-refractivity contribution in [3.63, 3.8) is 0 Å². The Morgan fingerprint density at radius 1 is 1.35 bits per heavy atom. The maximum absolute atomic E-state index is 5.43. The standard InChI is InChI=1S/C14H18BrN3O2/c1-16-14(18-4-2-3-5-18)17-8-10-6-11(15)13-12(7-10)19-9-20-13/h6-7H,2-5,8-9H2,1H3,(H,16,17). The topological polar surface area (TPSA) is 46.1 Å². The van der Waals surface area contributed by atoms with Crippen LogP contribution in [0, 0.1) is 0 Å². The Bertz CT molecular complexity index is 527. The fourth-order valence-electron chi connectivity index (χ4n) is 2.57. The van der Waals surface area contributed by atoms with Gasteiger partial charge in [0.2, 0.25) is 6.79 Å². The van der Waals surface area contributed by atoms with E-state index in [-0.39, 0.29) is 0 Å². The summed E-state index contributed by atoms with van der Waals surface area (Å²) in [5, 5.41) is 3.40. The number of rotatable bonds is 2. The van der Waals surface area contributed by atoms with Gasteiger partial charge in [-0.05, 0) is 46.5 Å². The maximum atomic E-state index is 5.43. The van der Waals surface area contributed by atoms with Gasteiger partial charge in [-0.2, -0.15) is 0 Å². The van der Waals surface area contributed by atoms with Gasteiger partial charge in [-0.3, -0.25) is 4.99 Å². The highest BCUT2D eigenvalue weighted by Crippen LogP contribution is 2.39. The fraction of sp³-hybridized carbons (Fsp3) is 0.500. The molecule has 1 saturated heterocycles. The van der Waals surface area contributed by atoms with Gasteiger partial charge in [0.1, 0.15) is 0 Å². The van der Waals surface area contributed by atoms with Crippen LogP contribution in [-0.4, -0.2) is 37.8 Å². The van der Waals surface area contributed by atoms with Crippen LogP contribution in [-0.2, 0) is 6.54 Å². The van der Waals surface area contributed by atoms with Crippen LogP contribution in [0.2, 0.25) is 0 Å². The number of hydrogen-bond donors (Lipinski definition) is 1. The van der Waals surface area contributed by atoms with Gasteiger partial charge in [0.25, 0.3) is 0 Å². The third-order valence-corrected chi connectivity index (χ3v) is 4.14. The van der Waals surface area contributed by atoms with Crippen LogP contribution in [0.25, 0.3) is 0 Å². The molecule has 108 valence electrons. The molecule has 0 aromatic heterocycles. The van der Waals surface area contributed by atoms with Crippen LogP contribution in [0.15, 0.2) is 21.6 Å². The van der Waals surface area contributed by atoms with E-state index in [1.165, 1.54) is 12.8 Å². The molecule has 0 bridgehead atoms. The first-order chi connectivity index (χ1) is 9.78. The Kier molecular flexibility index (Phi) is 4.00. The lowest BCUT2D eigenvalue weighted by Gasteiger charge is -2.21. The molecule has 1 N–H and O–H groups in total. The minimum absolute atomic E-state index is 0.292. The molecule has 0 atom stereocenters. The molecular weight excluding hydrogens is 322 g/mol. The van der Waals surface area contributed by atoms with Crippen molar-refractivity contribution in [1.29, 1.82) is 0 Å². The summed E-state index contributed by atoms with van der Waals surface area (Å²) in [5.74, 6) is 2.56. The molecule has 1 fully saturated rings. The molecule has 0 radical (unpaired) electrons. The summed E-state index contributed by atoms with van der Waals surface area (Å²) >= 11 is 3.52. The van der Waals surface area contributed by atoms with Gasteiger partial charge < -0.3 is 19.7 Å². The number of aliphatic imine (C=N–C) groups is 1. The van der Waals surface area contributed by atoms with E-state index in [9.17, 15) is 0 Å². The third-order valence-electron chi connectivity index (χ3n) is 3.56. The van der Waals surface area contributed by atoms with E-state index in [2.05, 4.69) is 37.2 Å². The Hall–Kier alpha value is -1.43. The number of nitrogens with zero attached hydrogens (tertiary/aromatic N) is 2. The van der Waals surface area contributed by atoms with Gasteiger partial charge >= 0.3 is 0 Å². The number of benzene rings is 1. The van der Waals surface area contributed by atoms with Gasteiger partial charge in [0.15, 0.2) is 17.5 Å². The largest absolute Gasteiger partial charge is 0.454 e. The highest BCUT2D eigenvalue weighted by molar-refractivity contribution is 9.10. The molecule has 3 rings (SSSR count). The van der Waals surface area contributed by atoms with Crippen molar-refractivity contribution in [1.82, 2.24) is 10.2 Å². The lowest BCUT2D eigenvalue weighted by molar-refractivity contribution is 0.173. The van der Waals surface area contributed by atoms with Gasteiger partial charge in [-0.25, -0.2) is 0 Å². The summed E-state index contributed by atoms with van der Waals surface area (Å²) in [6, 6.07) is 4.06. The van der Waals surface area contributed by atoms with E-state index in [1.54, 1.807) is 0 Å². The minimum Gasteiger partial charge on any atom is -0.454 e. The van der Waals surface area contributed by atoms with Crippen LogP contribution < -0.4 is 14.8 Å². The molecule has 6 heteroatoms. The Morgan fingerprint density at radius 2 is 2.15 bits per heavy atom. The van der Waals surface area contributed by atoms with Gasteiger partial charge in [0, 0.05) is 26.7 Å². The molecule has 0 amide bonds. The first kappa shape index (κ1) is 13.5. The highest BCUT2D eigenvalue weighted by Gasteiger charge is 2.19. The lowest BCUT2D eigenvalue weighted by Crippen LogP contribution is -2.39. The number of ether oxygens (including phenoxy) is 2. The van der Waals surface area contributed by atoms with Crippen molar-refractivity contribution in [3.8, 4) is 11.5 Å². The number of guanidine groups is 1. The van der Waals surface area contributed by atoms with Crippen LogP contribution in [0.3, 0.4) is 0 Å². The predicted octanol–water partition coefficient (Wildman–Crippen LogP) is 2.35. The summed E-state index contributed by atoms with van der Waals surface area (Å²) in [7, 11) is 1.83. The summed E-state index contributed by atoms with van der Waals surface area (Å²) in [6.45, 7) is 3.19. The van der Waals surface area contributed by atoms with Crippen molar-refractivity contribution in [2.24, 2.45) is 4.99 Å². The zero-order chi connectivity index (χ0) is 13.9. The Morgan fingerprint density at radius 3 is 2.90 bits per heavy atom. The molecule has 2 heterocycles. The first-order valence-corrected chi connectivity index (χ1v) is 7.61. The average molecular weight is 340 g/mol. The number of likely N-dealkylation sites (tertiary alicyclic amines) is 1. The van der Waals surface area contributed by atoms with Crippen molar-refractivity contribution >= 4 is 21.9 Å². The van der Waals surface area contributed by atoms with Crippen LogP contribution >= 0.6 is 15.9 Å². The molecule has 2 aliphatic heterocycles. The van der Waals surface area contributed by atoms with E-state index >= 15 is 0 Å². The van der Waals surface area contributed by atoms with Gasteiger partial charge in [0.05, 0.1) is 4.47 Å². The predicted molar refractivity (Wildman–Crippen MR) is 81.3 cm³/mol. The lowest BCUT2D eigenvalue weighted by atomic mass is 10.2. The Balaban J connectivity index is 1.67. The summed E-state index contributed by atoms with van der Waals surface area (Å²) in [6.07, 6.45) is 2.49. The average Bonchev–Trinajstić information content (AvgIpc) is 3.10. The van der Waals surface area contributed by atoms with Crippen molar-refractivity contribution in [3.05, 3.63) is 22.2 Å². The van der Waals surface area contributed by atoms with E-state index in [4.69, 9.17) is 9.47 Å². The van der Waals surface area contributed by atoms with Crippen LogP contribution in [0.4, 0.5) is 0 Å². The number of halogens is 1. The van der Waals surface area contributed by atoms with Crippen molar-refractivity contribution < 1.29 is 9.47 Å².